The minimum absolute atomic E-state index is 0.294. The SMILES string of the molecule is CCCCC(CC)CC(CCCCCCCCCCCCCCC(=O)O)C(CC)(CC(CC)CCCC)C(=O)O. The molecule has 238 valence electrons. The molecule has 40 heavy (non-hydrogen) atoms. The smallest absolute Gasteiger partial charge is 0.309 e. The van der Waals surface area contributed by atoms with E-state index in [9.17, 15) is 14.7 Å². The molecule has 0 aliphatic carbocycles. The Morgan fingerprint density at radius 3 is 1.43 bits per heavy atom. The Bertz CT molecular complexity index is 604. The van der Waals surface area contributed by atoms with Crippen molar-refractivity contribution in [2.24, 2.45) is 23.2 Å². The molecular weight excluding hydrogens is 496 g/mol. The molecule has 4 nitrogen and oxygen atoms in total. The lowest BCUT2D eigenvalue weighted by Gasteiger charge is -2.41. The molecule has 0 bridgehead atoms. The van der Waals surface area contributed by atoms with E-state index in [4.69, 9.17) is 5.11 Å². The fourth-order valence-electron chi connectivity index (χ4n) is 6.91. The molecule has 0 aromatic carbocycles. The lowest BCUT2D eigenvalue weighted by Crippen LogP contribution is -2.41. The second-order valence-corrected chi connectivity index (χ2v) is 13.0. The van der Waals surface area contributed by atoms with E-state index in [-0.39, 0.29) is 0 Å². The largest absolute Gasteiger partial charge is 0.481 e. The van der Waals surface area contributed by atoms with Crippen LogP contribution in [-0.4, -0.2) is 22.2 Å². The number of carbonyl (C=O) groups is 2. The first-order chi connectivity index (χ1) is 19.3. The van der Waals surface area contributed by atoms with Crippen molar-refractivity contribution in [3.63, 3.8) is 0 Å². The summed E-state index contributed by atoms with van der Waals surface area (Å²) in [6.07, 6.45) is 28.1. The van der Waals surface area contributed by atoms with Crippen molar-refractivity contribution in [1.29, 1.82) is 0 Å². The number of carboxylic acid groups (broad SMARTS) is 2. The third-order valence-corrected chi connectivity index (χ3v) is 9.89. The number of hydrogen-bond donors (Lipinski definition) is 2. The molecular formula is C36H70O4. The Balaban J connectivity index is 4.83. The predicted molar refractivity (Wildman–Crippen MR) is 172 cm³/mol. The Hall–Kier alpha value is -1.06. The van der Waals surface area contributed by atoms with E-state index in [1.54, 1.807) is 0 Å². The average molecular weight is 567 g/mol. The maximum absolute atomic E-state index is 13.0. The minimum Gasteiger partial charge on any atom is -0.481 e. The van der Waals surface area contributed by atoms with E-state index in [1.165, 1.54) is 109 Å². The first-order valence-corrected chi connectivity index (χ1v) is 17.8. The maximum atomic E-state index is 13.0. The van der Waals surface area contributed by atoms with E-state index in [0.29, 0.717) is 24.2 Å². The minimum atomic E-state index is -0.674. The van der Waals surface area contributed by atoms with Crippen LogP contribution in [0.1, 0.15) is 195 Å². The molecule has 0 rings (SSSR count). The molecule has 2 N–H and O–H groups in total. The Kier molecular flexibility index (Phi) is 25.0. The van der Waals surface area contributed by atoms with Gasteiger partial charge in [-0.15, -0.1) is 0 Å². The number of rotatable bonds is 30. The van der Waals surface area contributed by atoms with Crippen LogP contribution in [0.5, 0.6) is 0 Å². The van der Waals surface area contributed by atoms with Crippen molar-refractivity contribution in [3.8, 4) is 0 Å². The molecule has 0 spiro atoms. The van der Waals surface area contributed by atoms with Crippen molar-refractivity contribution in [1.82, 2.24) is 0 Å². The fraction of sp³-hybridized carbons (Fsp3) is 0.944. The highest BCUT2D eigenvalue weighted by atomic mass is 16.4. The summed E-state index contributed by atoms with van der Waals surface area (Å²) < 4.78 is 0. The Labute approximate surface area is 249 Å². The highest BCUT2D eigenvalue weighted by Crippen LogP contribution is 2.46. The fourth-order valence-corrected chi connectivity index (χ4v) is 6.91. The van der Waals surface area contributed by atoms with Crippen LogP contribution >= 0.6 is 0 Å². The van der Waals surface area contributed by atoms with E-state index in [0.717, 1.165) is 44.9 Å². The van der Waals surface area contributed by atoms with Gasteiger partial charge in [0.05, 0.1) is 5.41 Å². The van der Waals surface area contributed by atoms with Gasteiger partial charge in [0.25, 0.3) is 0 Å². The lowest BCUT2D eigenvalue weighted by molar-refractivity contribution is -0.156. The molecule has 0 aromatic heterocycles. The topological polar surface area (TPSA) is 74.6 Å². The summed E-state index contributed by atoms with van der Waals surface area (Å²) in [5.74, 6) is 0.277. The number of hydrogen-bond acceptors (Lipinski definition) is 2. The summed E-state index contributed by atoms with van der Waals surface area (Å²) >= 11 is 0. The molecule has 0 saturated heterocycles. The van der Waals surface area contributed by atoms with E-state index in [2.05, 4.69) is 34.6 Å². The van der Waals surface area contributed by atoms with E-state index < -0.39 is 17.4 Å². The first-order valence-electron chi connectivity index (χ1n) is 17.8. The molecule has 0 amide bonds. The zero-order valence-corrected chi connectivity index (χ0v) is 27.6. The monoisotopic (exact) mass is 567 g/mol. The van der Waals surface area contributed by atoms with Crippen LogP contribution in [0.25, 0.3) is 0 Å². The van der Waals surface area contributed by atoms with Crippen molar-refractivity contribution >= 4 is 11.9 Å². The summed E-state index contributed by atoms with van der Waals surface area (Å²) in [5, 5.41) is 19.4. The standard InChI is InChI=1S/C36H70O4/c1-6-11-25-31(8-3)29-33(36(10-5,35(39)40)30-32(9-4)26-12-7-2)27-23-21-19-17-15-13-14-16-18-20-22-24-28-34(37)38/h31-33H,6-30H2,1-5H3,(H,37,38)(H,39,40). The normalized spacial score (nSPS) is 15.4. The quantitative estimate of drug-likeness (QED) is 0.0848. The van der Waals surface area contributed by atoms with Gasteiger partial charge in [0.15, 0.2) is 0 Å². The highest BCUT2D eigenvalue weighted by molar-refractivity contribution is 5.75. The summed E-state index contributed by atoms with van der Waals surface area (Å²) in [5.41, 5.74) is -0.568. The Morgan fingerprint density at radius 1 is 0.575 bits per heavy atom. The average Bonchev–Trinajstić information content (AvgIpc) is 2.94. The molecule has 0 saturated carbocycles. The van der Waals surface area contributed by atoms with Gasteiger partial charge in [-0.2, -0.15) is 0 Å². The van der Waals surface area contributed by atoms with Gasteiger partial charge in [-0.3, -0.25) is 9.59 Å². The highest BCUT2D eigenvalue weighted by Gasteiger charge is 2.45. The molecule has 4 heteroatoms. The van der Waals surface area contributed by atoms with Crippen molar-refractivity contribution < 1.29 is 19.8 Å². The molecule has 0 aromatic rings. The molecule has 0 radical (unpaired) electrons. The lowest BCUT2D eigenvalue weighted by atomic mass is 9.62. The van der Waals surface area contributed by atoms with Gasteiger partial charge in [0.2, 0.25) is 0 Å². The van der Waals surface area contributed by atoms with Crippen LogP contribution in [-0.2, 0) is 9.59 Å². The predicted octanol–water partition coefficient (Wildman–Crippen LogP) is 11.8. The number of unbranched alkanes of at least 4 members (excludes halogenated alkanes) is 13. The third-order valence-electron chi connectivity index (χ3n) is 9.89. The van der Waals surface area contributed by atoms with Gasteiger partial charge < -0.3 is 10.2 Å². The first kappa shape index (κ1) is 38.9. The van der Waals surface area contributed by atoms with Crippen LogP contribution in [0, 0.1) is 23.2 Å². The molecule has 4 unspecified atom stereocenters. The van der Waals surface area contributed by atoms with Gasteiger partial charge >= 0.3 is 11.9 Å². The van der Waals surface area contributed by atoms with Gasteiger partial charge in [-0.1, -0.05) is 157 Å². The molecule has 4 atom stereocenters. The second-order valence-electron chi connectivity index (χ2n) is 13.0. The van der Waals surface area contributed by atoms with E-state index in [1.807, 2.05) is 0 Å². The zero-order chi connectivity index (χ0) is 30.1. The van der Waals surface area contributed by atoms with Crippen molar-refractivity contribution in [2.75, 3.05) is 0 Å². The van der Waals surface area contributed by atoms with Crippen LogP contribution in [0.15, 0.2) is 0 Å². The third kappa shape index (κ3) is 17.7. The number of carboxylic acids is 2. The zero-order valence-electron chi connectivity index (χ0n) is 27.6. The second kappa shape index (κ2) is 25.6. The summed E-state index contributed by atoms with van der Waals surface area (Å²) in [6, 6.07) is 0. The van der Waals surface area contributed by atoms with Crippen LogP contribution < -0.4 is 0 Å². The van der Waals surface area contributed by atoms with Gasteiger partial charge in [0.1, 0.15) is 0 Å². The molecule has 0 fully saturated rings. The molecule has 0 aliphatic rings. The van der Waals surface area contributed by atoms with E-state index >= 15 is 0 Å². The van der Waals surface area contributed by atoms with Crippen molar-refractivity contribution in [3.05, 3.63) is 0 Å². The Morgan fingerprint density at radius 2 is 1.02 bits per heavy atom. The van der Waals surface area contributed by atoms with Gasteiger partial charge in [0, 0.05) is 6.42 Å². The van der Waals surface area contributed by atoms with Gasteiger partial charge in [-0.25, -0.2) is 0 Å². The summed E-state index contributed by atoms with van der Waals surface area (Å²) in [7, 11) is 0. The van der Waals surface area contributed by atoms with Gasteiger partial charge in [-0.05, 0) is 49.9 Å². The van der Waals surface area contributed by atoms with Crippen LogP contribution in [0.4, 0.5) is 0 Å². The maximum Gasteiger partial charge on any atom is 0.309 e. The van der Waals surface area contributed by atoms with Crippen LogP contribution in [0.2, 0.25) is 0 Å². The number of aliphatic carboxylic acids is 2. The molecule has 0 heterocycles. The summed E-state index contributed by atoms with van der Waals surface area (Å²) in [6.45, 7) is 11.2. The molecule has 0 aliphatic heterocycles. The van der Waals surface area contributed by atoms with Crippen LogP contribution in [0.3, 0.4) is 0 Å². The summed E-state index contributed by atoms with van der Waals surface area (Å²) in [4.78, 5) is 23.6. The van der Waals surface area contributed by atoms with Crippen molar-refractivity contribution in [2.45, 2.75) is 195 Å².